The van der Waals surface area contributed by atoms with Gasteiger partial charge in [0.25, 0.3) is 0 Å². The number of carbonyl (C=O) groups excluding carboxylic acids is 1. The molecule has 3 aliphatic rings. The minimum atomic E-state index is -1.01. The van der Waals surface area contributed by atoms with Crippen molar-refractivity contribution < 1.29 is 53.7 Å². The van der Waals surface area contributed by atoms with Crippen LogP contribution in [0.4, 0.5) is 0 Å². The number of nitrogens with zero attached hydrogens (tertiary/aromatic N) is 2. The number of esters is 1. The first kappa shape index (κ1) is 40.7. The van der Waals surface area contributed by atoms with Crippen molar-refractivity contribution >= 4 is 11.7 Å². The molecule has 0 aromatic heterocycles. The molecule has 0 aromatic rings. The van der Waals surface area contributed by atoms with Gasteiger partial charge in [-0.15, -0.1) is 0 Å². The number of carbonyl (C=O) groups is 1. The summed E-state index contributed by atoms with van der Waals surface area (Å²) in [5.41, 5.74) is 0.760. The third-order valence-electron chi connectivity index (χ3n) is 10.9. The number of aliphatic hydroxyl groups is 3. The monoisotopic (exact) mass is 686 g/mol. The topological polar surface area (TPSA) is 169 Å². The predicted octanol–water partition coefficient (Wildman–Crippen LogP) is 2.96. The molecule has 0 bridgehead atoms. The van der Waals surface area contributed by atoms with Gasteiger partial charge in [0.05, 0.1) is 48.3 Å². The molecule has 48 heavy (non-hydrogen) atoms. The van der Waals surface area contributed by atoms with E-state index in [4.69, 9.17) is 28.4 Å². The van der Waals surface area contributed by atoms with E-state index in [1.807, 2.05) is 39.8 Å². The summed E-state index contributed by atoms with van der Waals surface area (Å²) in [5, 5.41) is 46.9. The zero-order valence-corrected chi connectivity index (χ0v) is 30.7. The van der Waals surface area contributed by atoms with Gasteiger partial charge in [-0.3, -0.25) is 4.79 Å². The van der Waals surface area contributed by atoms with Crippen LogP contribution in [-0.2, 0) is 33.2 Å². The maximum Gasteiger partial charge on any atom is 0.311 e. The Balaban J connectivity index is 2.09. The Morgan fingerprint density at radius 1 is 0.833 bits per heavy atom. The van der Waals surface area contributed by atoms with Crippen molar-refractivity contribution in [2.45, 2.75) is 148 Å². The molecule has 3 rings (SSSR count). The Hall–Kier alpha value is -1.68. The highest BCUT2D eigenvalue weighted by atomic mass is 16.7. The van der Waals surface area contributed by atoms with Gasteiger partial charge in [-0.2, -0.15) is 0 Å². The first-order valence-electron chi connectivity index (χ1n) is 17.4. The molecule has 0 aliphatic carbocycles. The lowest BCUT2D eigenvalue weighted by Crippen LogP contribution is -2.57. The Bertz CT molecular complexity index is 1090. The van der Waals surface area contributed by atoms with Crippen LogP contribution in [0.15, 0.2) is 17.3 Å². The van der Waals surface area contributed by atoms with E-state index < -0.39 is 91.1 Å². The third-order valence-corrected chi connectivity index (χ3v) is 10.9. The second-order valence-electron chi connectivity index (χ2n) is 14.7. The second kappa shape index (κ2) is 17.5. The Morgan fingerprint density at radius 3 is 2.06 bits per heavy atom. The van der Waals surface area contributed by atoms with E-state index in [9.17, 15) is 25.3 Å². The summed E-state index contributed by atoms with van der Waals surface area (Å²) in [6.45, 7) is 18.8. The van der Waals surface area contributed by atoms with Gasteiger partial charge in [-0.25, -0.2) is 0 Å². The summed E-state index contributed by atoms with van der Waals surface area (Å²) in [6.07, 6.45) is -7.00. The molecule has 0 amide bonds. The van der Waals surface area contributed by atoms with Crippen LogP contribution in [0.2, 0.25) is 0 Å². The van der Waals surface area contributed by atoms with Gasteiger partial charge >= 0.3 is 5.97 Å². The van der Waals surface area contributed by atoms with Crippen LogP contribution in [0.25, 0.3) is 0 Å². The van der Waals surface area contributed by atoms with Gasteiger partial charge in [0.1, 0.15) is 18.3 Å². The minimum absolute atomic E-state index is 0.195. The van der Waals surface area contributed by atoms with Crippen molar-refractivity contribution in [2.24, 2.45) is 34.7 Å². The fourth-order valence-corrected chi connectivity index (χ4v) is 7.50. The smallest absolute Gasteiger partial charge is 0.311 e. The summed E-state index contributed by atoms with van der Waals surface area (Å²) in [6, 6.07) is -0.216. The molecule has 0 spiro atoms. The zero-order chi connectivity index (χ0) is 36.2. The minimum Gasteiger partial charge on any atom is -0.462 e. The van der Waals surface area contributed by atoms with Gasteiger partial charge in [-0.1, -0.05) is 39.4 Å². The number of ether oxygens (including phenoxy) is 6. The van der Waals surface area contributed by atoms with E-state index in [-0.39, 0.29) is 30.2 Å². The molecule has 3 fully saturated rings. The van der Waals surface area contributed by atoms with E-state index in [1.54, 1.807) is 34.6 Å². The van der Waals surface area contributed by atoms with Crippen LogP contribution in [0.3, 0.4) is 0 Å². The van der Waals surface area contributed by atoms with E-state index in [2.05, 4.69) is 11.7 Å². The Kier molecular flexibility index (Phi) is 14.9. The zero-order valence-electron chi connectivity index (χ0n) is 30.7. The summed E-state index contributed by atoms with van der Waals surface area (Å²) in [5.74, 6) is -3.30. The van der Waals surface area contributed by atoms with Crippen LogP contribution in [0.1, 0.15) is 74.7 Å². The molecule has 4 N–H and O–H groups in total. The van der Waals surface area contributed by atoms with Crippen molar-refractivity contribution in [3.8, 4) is 0 Å². The van der Waals surface area contributed by atoms with Gasteiger partial charge in [-0.05, 0) is 66.1 Å². The highest BCUT2D eigenvalue weighted by Gasteiger charge is 2.47. The standard InChI is InChI=1S/C35H62N2O11/c1-16-13-17(2)32(48-35-31(40)25(37(10)11)14-18(3)44-35)21(6)33(47-27-15-26(43-12)30(39)24(9)45-27)22(7)34(41)46-23(8)19(4)29(38)20(5)28(16)36-42/h17-27,29-33,35,38-40,42H,1,13-15H2,2-12H3/t17-,18+,19-,20-,21+,22+,23+,24-,25-,26+,27-,29-,30-,31-,32-,33-,35-/m0/s1. The number of oxime groups is 1. The van der Waals surface area contributed by atoms with Gasteiger partial charge in [0, 0.05) is 37.3 Å². The van der Waals surface area contributed by atoms with Crippen molar-refractivity contribution in [1.29, 1.82) is 0 Å². The number of cyclic esters (lactones) is 1. The molecule has 0 saturated carbocycles. The summed E-state index contributed by atoms with van der Waals surface area (Å²) >= 11 is 0. The van der Waals surface area contributed by atoms with Gasteiger partial charge in [0.15, 0.2) is 12.6 Å². The fourth-order valence-electron chi connectivity index (χ4n) is 7.50. The number of hydrogen-bond acceptors (Lipinski definition) is 13. The number of hydrogen-bond donors (Lipinski definition) is 4. The molecular weight excluding hydrogens is 624 g/mol. The maximum atomic E-state index is 13.8. The lowest BCUT2D eigenvalue weighted by atomic mass is 9.78. The molecule has 3 aliphatic heterocycles. The van der Waals surface area contributed by atoms with Crippen molar-refractivity contribution in [3.63, 3.8) is 0 Å². The first-order valence-corrected chi connectivity index (χ1v) is 17.4. The third kappa shape index (κ3) is 9.35. The fraction of sp³-hybridized carbons (Fsp3) is 0.886. The molecule has 0 radical (unpaired) electrons. The molecule has 0 unspecified atom stereocenters. The second-order valence-corrected chi connectivity index (χ2v) is 14.7. The number of aliphatic hydroxyl groups excluding tert-OH is 3. The average molecular weight is 687 g/mol. The average Bonchev–Trinajstić information content (AvgIpc) is 3.03. The van der Waals surface area contributed by atoms with Gasteiger partial charge in [0.2, 0.25) is 0 Å². The highest BCUT2D eigenvalue weighted by molar-refractivity contribution is 6.01. The molecule has 0 aromatic carbocycles. The van der Waals surface area contributed by atoms with Crippen LogP contribution in [-0.4, -0.2) is 132 Å². The molecule has 13 heteroatoms. The van der Waals surface area contributed by atoms with Crippen molar-refractivity contribution in [1.82, 2.24) is 4.90 Å². The molecule has 278 valence electrons. The molecule has 3 heterocycles. The van der Waals surface area contributed by atoms with Crippen molar-refractivity contribution in [2.75, 3.05) is 21.2 Å². The number of allylic oxidation sites excluding steroid dienone is 1. The lowest BCUT2D eigenvalue weighted by molar-refractivity contribution is -0.298. The quantitative estimate of drug-likeness (QED) is 0.183. The number of methoxy groups -OCH3 is 1. The predicted molar refractivity (Wildman–Crippen MR) is 178 cm³/mol. The van der Waals surface area contributed by atoms with E-state index in [0.29, 0.717) is 18.4 Å². The molecule has 17 atom stereocenters. The van der Waals surface area contributed by atoms with Gasteiger partial charge < -0.3 is 53.8 Å². The summed E-state index contributed by atoms with van der Waals surface area (Å²) in [7, 11) is 5.32. The number of rotatable bonds is 6. The van der Waals surface area contributed by atoms with E-state index >= 15 is 0 Å². The summed E-state index contributed by atoms with van der Waals surface area (Å²) in [4.78, 5) is 15.8. The summed E-state index contributed by atoms with van der Waals surface area (Å²) < 4.78 is 37.1. The Morgan fingerprint density at radius 2 is 1.48 bits per heavy atom. The Labute approximate surface area is 286 Å². The van der Waals surface area contributed by atoms with Crippen LogP contribution in [0, 0.1) is 29.6 Å². The molecule has 13 nitrogen and oxygen atoms in total. The SMILES string of the molecule is C=C1C[C@H](C)[C@H](O[C@@H]2O[C@H](C)C[C@H](N(C)C)[C@@H]2O)[C@@H](C)[C@H](O[C@H]2C[C@@H](OC)[C@@H](O)[C@H](C)O2)[C@@H](C)C(=O)O[C@H](C)[C@H](C)[C@H](O)[C@@H](C)C1=NO. The first-order chi connectivity index (χ1) is 22.4. The molecular formula is C35H62N2O11. The van der Waals surface area contributed by atoms with Crippen LogP contribution < -0.4 is 0 Å². The number of likely N-dealkylation sites (N-methyl/N-ethyl adjacent to an activating group) is 1. The van der Waals surface area contributed by atoms with Crippen LogP contribution in [0.5, 0.6) is 0 Å². The van der Waals surface area contributed by atoms with E-state index in [1.165, 1.54) is 7.11 Å². The molecule has 3 saturated heterocycles. The largest absolute Gasteiger partial charge is 0.462 e. The van der Waals surface area contributed by atoms with E-state index in [0.717, 1.165) is 0 Å². The lowest BCUT2D eigenvalue weighted by Gasteiger charge is -2.46. The normalized spacial score (nSPS) is 46.7. The van der Waals surface area contributed by atoms with Crippen molar-refractivity contribution in [3.05, 3.63) is 12.2 Å². The van der Waals surface area contributed by atoms with Crippen LogP contribution >= 0.6 is 0 Å². The highest BCUT2D eigenvalue weighted by Crippen LogP contribution is 2.37. The maximum absolute atomic E-state index is 13.8.